The van der Waals surface area contributed by atoms with Crippen molar-refractivity contribution in [3.63, 3.8) is 0 Å². The lowest BCUT2D eigenvalue weighted by molar-refractivity contribution is -0.301. The zero-order valence-electron chi connectivity index (χ0n) is 19.6. The van der Waals surface area contributed by atoms with Gasteiger partial charge >= 0.3 is 0 Å². The van der Waals surface area contributed by atoms with Gasteiger partial charge in [0.1, 0.15) is 0 Å². The van der Waals surface area contributed by atoms with E-state index in [2.05, 4.69) is 56.0 Å². The van der Waals surface area contributed by atoms with Crippen molar-refractivity contribution in [2.45, 2.75) is 52.1 Å². The lowest BCUT2D eigenvalue weighted by Crippen LogP contribution is -2.58. The second-order valence-corrected chi connectivity index (χ2v) is 7.94. The van der Waals surface area contributed by atoms with E-state index in [0.717, 1.165) is 38.9 Å². The summed E-state index contributed by atoms with van der Waals surface area (Å²) in [5, 5.41) is 18.8. The molecule has 1 aromatic carbocycles. The highest BCUT2D eigenvalue weighted by Gasteiger charge is 2.31. The van der Waals surface area contributed by atoms with Gasteiger partial charge in [-0.15, -0.1) is 0 Å². The molecule has 0 radical (unpaired) electrons. The Bertz CT molecular complexity index is 765. The summed E-state index contributed by atoms with van der Waals surface area (Å²) < 4.78 is 5.29. The third-order valence-corrected chi connectivity index (χ3v) is 5.02. The van der Waals surface area contributed by atoms with Crippen LogP contribution >= 0.6 is 0 Å². The average molecular weight is 459 g/mol. The highest BCUT2D eigenvalue weighted by atomic mass is 16.5. The Morgan fingerprint density at radius 2 is 1.58 bits per heavy atom. The van der Waals surface area contributed by atoms with Crippen LogP contribution in [0.4, 0.5) is 0 Å². The Labute approximate surface area is 196 Å². The number of rotatable bonds is 10. The first-order chi connectivity index (χ1) is 15.7. The first kappa shape index (κ1) is 27.9. The van der Waals surface area contributed by atoms with Crippen LogP contribution in [-0.4, -0.2) is 66.0 Å². The Kier molecular flexibility index (Phi) is 13.2. The third kappa shape index (κ3) is 11.9. The normalized spacial score (nSPS) is 18.7. The Balaban J connectivity index is 0.000000582. The number of hydrogen-bond acceptors (Lipinski definition) is 7. The van der Waals surface area contributed by atoms with Gasteiger partial charge in [-0.3, -0.25) is 9.69 Å². The van der Waals surface area contributed by atoms with Gasteiger partial charge in [-0.05, 0) is 57.4 Å². The maximum atomic E-state index is 12.4. The van der Waals surface area contributed by atoms with Crippen LogP contribution in [0.25, 0.3) is 0 Å². The molecule has 1 amide bonds. The summed E-state index contributed by atoms with van der Waals surface area (Å²) in [5.74, 6) is -3.04. The van der Waals surface area contributed by atoms with Gasteiger partial charge in [0.2, 0.25) is 5.91 Å². The van der Waals surface area contributed by atoms with Crippen molar-refractivity contribution in [1.82, 2.24) is 9.80 Å². The zero-order chi connectivity index (χ0) is 24.6. The number of carbonyl (C=O) groups excluding carboxylic acids is 3. The van der Waals surface area contributed by atoms with Crippen LogP contribution in [0.15, 0.2) is 54.8 Å². The summed E-state index contributed by atoms with van der Waals surface area (Å²) >= 11 is 0. The molecule has 0 aliphatic carbocycles. The molecule has 1 aliphatic heterocycles. The number of carboxylic acids is 2. The standard InChI is InChI=1S/C21H32N2O2.C4H4O4/c1-4-14-25-15-12-21(24)23-18(2)16-22(17-19(23)3)13-8-11-20-9-6-5-7-10-20;5-3(6)1-2-4(7)8/h5-7,9-10,12,15,18-19H,4,8,11,13-14,16-17H2,1-3H3;1-2H,(H,5,6)(H,7,8)/p-2. The van der Waals surface area contributed by atoms with E-state index in [0.29, 0.717) is 18.8 Å². The monoisotopic (exact) mass is 458 g/mol. The highest BCUT2D eigenvalue weighted by molar-refractivity contribution is 5.88. The van der Waals surface area contributed by atoms with Gasteiger partial charge in [0.15, 0.2) is 0 Å². The van der Waals surface area contributed by atoms with E-state index in [-0.39, 0.29) is 18.0 Å². The molecular formula is C25H34N2O6-2. The summed E-state index contributed by atoms with van der Waals surface area (Å²) in [6.07, 6.45) is 7.09. The van der Waals surface area contributed by atoms with Crippen molar-refractivity contribution >= 4 is 17.8 Å². The van der Waals surface area contributed by atoms with Gasteiger partial charge in [0.25, 0.3) is 0 Å². The molecule has 0 spiro atoms. The van der Waals surface area contributed by atoms with Crippen LogP contribution in [0, 0.1) is 0 Å². The minimum Gasteiger partial charge on any atom is -0.545 e. The Morgan fingerprint density at radius 1 is 1.00 bits per heavy atom. The minimum absolute atomic E-state index is 0.0556. The van der Waals surface area contributed by atoms with Crippen molar-refractivity contribution in [2.75, 3.05) is 26.2 Å². The topological polar surface area (TPSA) is 113 Å². The zero-order valence-corrected chi connectivity index (χ0v) is 19.6. The van der Waals surface area contributed by atoms with Crippen LogP contribution in [0.3, 0.4) is 0 Å². The summed E-state index contributed by atoms with van der Waals surface area (Å²) in [5.41, 5.74) is 1.40. The summed E-state index contributed by atoms with van der Waals surface area (Å²) in [6, 6.07) is 11.1. The molecule has 33 heavy (non-hydrogen) atoms. The smallest absolute Gasteiger partial charge is 0.250 e. The first-order valence-electron chi connectivity index (χ1n) is 11.2. The van der Waals surface area contributed by atoms with E-state index in [9.17, 15) is 24.6 Å². The number of piperazine rings is 1. The molecule has 0 aromatic heterocycles. The van der Waals surface area contributed by atoms with Gasteiger partial charge in [-0.25, -0.2) is 0 Å². The Hall–Kier alpha value is -3.13. The lowest BCUT2D eigenvalue weighted by atomic mass is 10.1. The largest absolute Gasteiger partial charge is 0.545 e. The molecule has 1 aliphatic rings. The summed E-state index contributed by atoms with van der Waals surface area (Å²) in [4.78, 5) is 35.7. The molecule has 2 atom stereocenters. The van der Waals surface area contributed by atoms with E-state index in [1.165, 1.54) is 11.8 Å². The number of aliphatic carboxylic acids is 2. The number of carboxylic acid groups (broad SMARTS) is 2. The predicted octanol–water partition coefficient (Wildman–Crippen LogP) is 0.523. The van der Waals surface area contributed by atoms with Crippen molar-refractivity contribution in [1.29, 1.82) is 0 Å². The first-order valence-corrected chi connectivity index (χ1v) is 11.2. The Morgan fingerprint density at radius 3 is 2.09 bits per heavy atom. The molecule has 0 bridgehead atoms. The van der Waals surface area contributed by atoms with Gasteiger partial charge < -0.3 is 29.4 Å². The van der Waals surface area contributed by atoms with E-state index in [1.807, 2.05) is 4.90 Å². The molecule has 8 nitrogen and oxygen atoms in total. The molecule has 182 valence electrons. The average Bonchev–Trinajstić information content (AvgIpc) is 2.76. The molecule has 1 saturated heterocycles. The molecule has 2 rings (SSSR count). The fourth-order valence-electron chi connectivity index (χ4n) is 3.72. The highest BCUT2D eigenvalue weighted by Crippen LogP contribution is 2.17. The quantitative estimate of drug-likeness (QED) is 0.285. The lowest BCUT2D eigenvalue weighted by Gasteiger charge is -2.44. The second-order valence-electron chi connectivity index (χ2n) is 7.94. The number of amides is 1. The van der Waals surface area contributed by atoms with Gasteiger partial charge in [-0.1, -0.05) is 37.3 Å². The molecule has 0 saturated carbocycles. The van der Waals surface area contributed by atoms with E-state index in [1.54, 1.807) is 6.08 Å². The maximum absolute atomic E-state index is 12.4. The number of nitrogens with zero attached hydrogens (tertiary/aromatic N) is 2. The molecule has 8 heteroatoms. The molecule has 1 fully saturated rings. The van der Waals surface area contributed by atoms with E-state index < -0.39 is 11.9 Å². The van der Waals surface area contributed by atoms with Crippen LogP contribution in [0.5, 0.6) is 0 Å². The summed E-state index contributed by atoms with van der Waals surface area (Å²) in [6.45, 7) is 9.95. The molecule has 2 unspecified atom stereocenters. The number of ether oxygens (including phenoxy) is 1. The van der Waals surface area contributed by atoms with E-state index >= 15 is 0 Å². The van der Waals surface area contributed by atoms with Gasteiger partial charge in [0.05, 0.1) is 24.8 Å². The van der Waals surface area contributed by atoms with Crippen LogP contribution in [0.1, 0.15) is 39.2 Å². The van der Waals surface area contributed by atoms with Crippen molar-refractivity contribution in [2.24, 2.45) is 0 Å². The second kappa shape index (κ2) is 15.6. The number of benzene rings is 1. The molecule has 1 heterocycles. The van der Waals surface area contributed by atoms with Gasteiger partial charge in [0, 0.05) is 31.2 Å². The fraction of sp³-hybridized carbons (Fsp3) is 0.480. The molecule has 0 N–H and O–H groups in total. The number of aryl methyl sites for hydroxylation is 1. The number of carbonyl (C=O) groups is 3. The molecular weight excluding hydrogens is 424 g/mol. The summed E-state index contributed by atoms with van der Waals surface area (Å²) in [7, 11) is 0. The maximum Gasteiger partial charge on any atom is 0.250 e. The van der Waals surface area contributed by atoms with Crippen molar-refractivity contribution in [3.8, 4) is 0 Å². The van der Waals surface area contributed by atoms with Crippen LogP contribution < -0.4 is 10.2 Å². The SMILES string of the molecule is CCCOC=CC(=O)N1C(C)CN(CCCc2ccccc2)CC1C.O=C([O-])C=CC(=O)[O-]. The van der Waals surface area contributed by atoms with Crippen molar-refractivity contribution < 1.29 is 29.3 Å². The van der Waals surface area contributed by atoms with Crippen LogP contribution in [0.2, 0.25) is 0 Å². The van der Waals surface area contributed by atoms with Crippen molar-refractivity contribution in [3.05, 3.63) is 60.4 Å². The minimum atomic E-state index is -1.55. The van der Waals surface area contributed by atoms with Gasteiger partial charge in [-0.2, -0.15) is 0 Å². The van der Waals surface area contributed by atoms with Crippen LogP contribution in [-0.2, 0) is 25.5 Å². The predicted molar refractivity (Wildman–Crippen MR) is 122 cm³/mol. The molecule has 1 aromatic rings. The fourth-order valence-corrected chi connectivity index (χ4v) is 3.72. The van der Waals surface area contributed by atoms with E-state index in [4.69, 9.17) is 4.74 Å². The third-order valence-electron chi connectivity index (χ3n) is 5.02. The number of hydrogen-bond donors (Lipinski definition) is 0.